The number of amides is 1. The molecule has 7 nitrogen and oxygen atoms in total. The first-order valence-electron chi connectivity index (χ1n) is 11.7. The molecule has 1 saturated heterocycles. The van der Waals surface area contributed by atoms with Gasteiger partial charge in [-0.25, -0.2) is 4.98 Å². The van der Waals surface area contributed by atoms with E-state index in [1.54, 1.807) is 6.20 Å². The Kier molecular flexibility index (Phi) is 5.88. The van der Waals surface area contributed by atoms with Crippen LogP contribution in [0.5, 0.6) is 0 Å². The number of fused-ring (bicyclic) bond motifs is 1. The predicted molar refractivity (Wildman–Crippen MR) is 124 cm³/mol. The number of nitrogens with one attached hydrogen (secondary N) is 2. The number of rotatable bonds is 4. The van der Waals surface area contributed by atoms with Crippen LogP contribution in [-0.2, 0) is 12.8 Å². The number of pyridine rings is 2. The van der Waals surface area contributed by atoms with E-state index in [1.807, 2.05) is 42.2 Å². The fraction of sp³-hybridized carbons (Fsp3) is 0.440. The van der Waals surface area contributed by atoms with Gasteiger partial charge in [0.25, 0.3) is 5.91 Å². The normalized spacial score (nSPS) is 18.7. The molecule has 32 heavy (non-hydrogen) atoms. The van der Waals surface area contributed by atoms with Gasteiger partial charge in [-0.3, -0.25) is 14.9 Å². The summed E-state index contributed by atoms with van der Waals surface area (Å²) in [6.45, 7) is 2.73. The number of anilines is 2. The number of carbonyl (C=O) groups is 1. The van der Waals surface area contributed by atoms with Gasteiger partial charge in [-0.05, 0) is 69.7 Å². The fourth-order valence-electron chi connectivity index (χ4n) is 4.99. The van der Waals surface area contributed by atoms with Crippen LogP contribution in [0.2, 0.25) is 0 Å². The average Bonchev–Trinajstić information content (AvgIpc) is 3.41. The number of aromatic nitrogens is 4. The zero-order valence-corrected chi connectivity index (χ0v) is 18.6. The van der Waals surface area contributed by atoms with Crippen molar-refractivity contribution >= 4 is 17.4 Å². The molecule has 3 aromatic rings. The van der Waals surface area contributed by atoms with Crippen LogP contribution in [0, 0.1) is 6.92 Å². The third-order valence-electron chi connectivity index (χ3n) is 6.52. The first-order valence-corrected chi connectivity index (χ1v) is 11.7. The van der Waals surface area contributed by atoms with Crippen LogP contribution in [0.15, 0.2) is 36.5 Å². The third-order valence-corrected chi connectivity index (χ3v) is 6.52. The number of hydrogen-bond acceptors (Lipinski definition) is 5. The number of hydrogen-bond donors (Lipinski definition) is 2. The molecular weight excluding hydrogens is 400 g/mol. The smallest absolute Gasteiger partial charge is 0.275 e. The Morgan fingerprint density at radius 2 is 2.00 bits per heavy atom. The number of carbonyl (C=O) groups excluding carboxylic acids is 1. The van der Waals surface area contributed by atoms with Gasteiger partial charge in [-0.1, -0.05) is 18.9 Å². The zero-order chi connectivity index (χ0) is 21.9. The lowest BCUT2D eigenvalue weighted by atomic mass is 9.96. The lowest BCUT2D eigenvalue weighted by molar-refractivity contribution is 0.0725. The van der Waals surface area contributed by atoms with Crippen molar-refractivity contribution in [3.63, 3.8) is 0 Å². The minimum absolute atomic E-state index is 0.0346. The van der Waals surface area contributed by atoms with Crippen LogP contribution < -0.4 is 5.32 Å². The SMILES string of the molecule is Cc1cc(Nc2ccccn2)cc(C2CCCN2C(=O)c2n[nH]c3c2CCCCCC3)n1. The van der Waals surface area contributed by atoms with Crippen molar-refractivity contribution in [1.82, 2.24) is 25.1 Å². The number of aryl methyl sites for hydroxylation is 2. The van der Waals surface area contributed by atoms with E-state index in [-0.39, 0.29) is 11.9 Å². The molecule has 0 aromatic carbocycles. The summed E-state index contributed by atoms with van der Waals surface area (Å²) in [5.74, 6) is 0.826. The molecule has 7 heteroatoms. The first kappa shape index (κ1) is 20.7. The van der Waals surface area contributed by atoms with E-state index in [4.69, 9.17) is 4.98 Å². The average molecular weight is 431 g/mol. The van der Waals surface area contributed by atoms with Gasteiger partial charge in [0.2, 0.25) is 0 Å². The van der Waals surface area contributed by atoms with Crippen LogP contribution >= 0.6 is 0 Å². The highest BCUT2D eigenvalue weighted by Gasteiger charge is 2.34. The summed E-state index contributed by atoms with van der Waals surface area (Å²) in [6, 6.07) is 9.81. The predicted octanol–water partition coefficient (Wildman–Crippen LogP) is 4.89. The van der Waals surface area contributed by atoms with E-state index in [1.165, 1.54) is 12.8 Å². The van der Waals surface area contributed by atoms with Crippen LogP contribution in [0.25, 0.3) is 0 Å². The molecule has 1 atom stereocenters. The van der Waals surface area contributed by atoms with E-state index >= 15 is 0 Å². The van der Waals surface area contributed by atoms with Gasteiger partial charge < -0.3 is 10.2 Å². The minimum atomic E-state index is -0.0346. The molecule has 0 spiro atoms. The highest BCUT2D eigenvalue weighted by molar-refractivity contribution is 5.94. The van der Waals surface area contributed by atoms with Crippen molar-refractivity contribution in [3.05, 3.63) is 64.9 Å². The minimum Gasteiger partial charge on any atom is -0.340 e. The second-order valence-corrected chi connectivity index (χ2v) is 8.86. The molecule has 1 fully saturated rings. The Bertz CT molecular complexity index is 1090. The largest absolute Gasteiger partial charge is 0.340 e. The Labute approximate surface area is 188 Å². The summed E-state index contributed by atoms with van der Waals surface area (Å²) in [4.78, 5) is 24.7. The molecule has 1 amide bonds. The highest BCUT2D eigenvalue weighted by Crippen LogP contribution is 2.34. The topological polar surface area (TPSA) is 86.8 Å². The molecule has 1 aliphatic carbocycles. The summed E-state index contributed by atoms with van der Waals surface area (Å²) in [5.41, 5.74) is 5.69. The van der Waals surface area contributed by atoms with Gasteiger partial charge >= 0.3 is 0 Å². The van der Waals surface area contributed by atoms with E-state index in [0.717, 1.165) is 79.2 Å². The van der Waals surface area contributed by atoms with Gasteiger partial charge in [-0.2, -0.15) is 5.10 Å². The summed E-state index contributed by atoms with van der Waals surface area (Å²) in [6.07, 6.45) is 10.3. The second kappa shape index (κ2) is 9.10. The molecule has 2 aliphatic rings. The van der Waals surface area contributed by atoms with Crippen molar-refractivity contribution in [2.24, 2.45) is 0 Å². The monoisotopic (exact) mass is 430 g/mol. The molecule has 0 bridgehead atoms. The summed E-state index contributed by atoms with van der Waals surface area (Å²) >= 11 is 0. The van der Waals surface area contributed by atoms with Crippen molar-refractivity contribution in [2.75, 3.05) is 11.9 Å². The summed E-state index contributed by atoms with van der Waals surface area (Å²) in [7, 11) is 0. The fourth-order valence-corrected chi connectivity index (χ4v) is 4.99. The standard InChI is InChI=1S/C25H30N6O/c1-17-15-18(28-23-12-6-7-13-26-23)16-21(27-17)22-11-8-14-31(22)25(32)24-19-9-4-2-3-5-10-20(19)29-30-24/h6-7,12-13,15-16,22H,2-5,8-11,14H2,1H3,(H,29,30)(H,26,27,28). The van der Waals surface area contributed by atoms with Crippen LogP contribution in [0.4, 0.5) is 11.5 Å². The van der Waals surface area contributed by atoms with Crippen molar-refractivity contribution in [3.8, 4) is 0 Å². The number of aromatic amines is 1. The van der Waals surface area contributed by atoms with Crippen LogP contribution in [-0.4, -0.2) is 37.5 Å². The van der Waals surface area contributed by atoms with Crippen LogP contribution in [0.3, 0.4) is 0 Å². The van der Waals surface area contributed by atoms with Gasteiger partial charge in [0, 0.05) is 35.4 Å². The molecule has 4 heterocycles. The molecule has 1 unspecified atom stereocenters. The van der Waals surface area contributed by atoms with E-state index in [9.17, 15) is 4.79 Å². The zero-order valence-electron chi connectivity index (χ0n) is 18.6. The van der Waals surface area contributed by atoms with E-state index in [0.29, 0.717) is 5.69 Å². The van der Waals surface area contributed by atoms with Gasteiger partial charge in [-0.15, -0.1) is 0 Å². The van der Waals surface area contributed by atoms with Gasteiger partial charge in [0.1, 0.15) is 5.82 Å². The Hall–Kier alpha value is -3.22. The highest BCUT2D eigenvalue weighted by atomic mass is 16.2. The Balaban J connectivity index is 1.41. The molecule has 2 N–H and O–H groups in total. The maximum atomic E-state index is 13.6. The number of H-pyrrole nitrogens is 1. The van der Waals surface area contributed by atoms with Crippen molar-refractivity contribution < 1.29 is 4.79 Å². The lowest BCUT2D eigenvalue weighted by Crippen LogP contribution is -2.32. The number of nitrogens with zero attached hydrogens (tertiary/aromatic N) is 4. The first-order chi connectivity index (χ1) is 15.7. The van der Waals surface area contributed by atoms with E-state index < -0.39 is 0 Å². The molecule has 1 aliphatic heterocycles. The van der Waals surface area contributed by atoms with Crippen molar-refractivity contribution in [1.29, 1.82) is 0 Å². The molecular formula is C25H30N6O. The van der Waals surface area contributed by atoms with Crippen molar-refractivity contribution in [2.45, 2.75) is 64.3 Å². The Morgan fingerprint density at radius 3 is 2.84 bits per heavy atom. The lowest BCUT2D eigenvalue weighted by Gasteiger charge is -2.25. The maximum absolute atomic E-state index is 13.6. The Morgan fingerprint density at radius 1 is 1.12 bits per heavy atom. The van der Waals surface area contributed by atoms with Gasteiger partial charge in [0.15, 0.2) is 5.69 Å². The quantitative estimate of drug-likeness (QED) is 0.615. The molecule has 3 aromatic heterocycles. The van der Waals surface area contributed by atoms with Gasteiger partial charge in [0.05, 0.1) is 11.7 Å². The second-order valence-electron chi connectivity index (χ2n) is 8.86. The molecule has 166 valence electrons. The van der Waals surface area contributed by atoms with E-state index in [2.05, 4.69) is 20.5 Å². The molecule has 5 rings (SSSR count). The molecule has 0 radical (unpaired) electrons. The summed E-state index contributed by atoms with van der Waals surface area (Å²) in [5, 5.41) is 11.0. The summed E-state index contributed by atoms with van der Waals surface area (Å²) < 4.78 is 0. The molecule has 0 saturated carbocycles. The van der Waals surface area contributed by atoms with Crippen LogP contribution in [0.1, 0.15) is 77.7 Å². The maximum Gasteiger partial charge on any atom is 0.275 e. The third kappa shape index (κ3) is 4.24. The number of likely N-dealkylation sites (tertiary alicyclic amines) is 1.